The van der Waals surface area contributed by atoms with Crippen molar-refractivity contribution in [1.29, 1.82) is 0 Å². The van der Waals surface area contributed by atoms with Crippen molar-refractivity contribution in [1.82, 2.24) is 0 Å². The highest BCUT2D eigenvalue weighted by Gasteiger charge is 1.96. The van der Waals surface area contributed by atoms with E-state index in [4.69, 9.17) is 10.8 Å². The number of halogens is 1. The lowest BCUT2D eigenvalue weighted by Crippen LogP contribution is -2.08. The van der Waals surface area contributed by atoms with Crippen LogP contribution in [0.4, 0.5) is 4.39 Å². The Morgan fingerprint density at radius 2 is 2.21 bits per heavy atom. The van der Waals surface area contributed by atoms with Gasteiger partial charge in [-0.2, -0.15) is 0 Å². The standard InChI is InChI=1S/C10H8FNO2/c11-8-4-7(5-9(13)6-8)2-1-3-10(12)14/h4-6,13H,3H2,(H2,12,14). The van der Waals surface area contributed by atoms with Crippen molar-refractivity contribution in [2.75, 3.05) is 0 Å². The van der Waals surface area contributed by atoms with Crippen molar-refractivity contribution in [3.63, 3.8) is 0 Å². The van der Waals surface area contributed by atoms with E-state index in [2.05, 4.69) is 11.8 Å². The van der Waals surface area contributed by atoms with Crippen molar-refractivity contribution in [3.05, 3.63) is 29.6 Å². The number of benzene rings is 1. The van der Waals surface area contributed by atoms with Crippen LogP contribution in [0.5, 0.6) is 5.75 Å². The van der Waals surface area contributed by atoms with Crippen molar-refractivity contribution < 1.29 is 14.3 Å². The first-order valence-corrected chi connectivity index (χ1v) is 3.84. The van der Waals surface area contributed by atoms with Crippen LogP contribution in [0.3, 0.4) is 0 Å². The molecule has 0 radical (unpaired) electrons. The summed E-state index contributed by atoms with van der Waals surface area (Å²) >= 11 is 0. The SMILES string of the molecule is NC(=O)CC#Cc1cc(O)cc(F)c1. The van der Waals surface area contributed by atoms with Crippen LogP contribution in [0.1, 0.15) is 12.0 Å². The summed E-state index contributed by atoms with van der Waals surface area (Å²) in [5.74, 6) is 3.64. The van der Waals surface area contributed by atoms with Crippen LogP contribution in [0.15, 0.2) is 18.2 Å². The fraction of sp³-hybridized carbons (Fsp3) is 0.100. The van der Waals surface area contributed by atoms with Crippen LogP contribution in [0, 0.1) is 17.7 Å². The summed E-state index contributed by atoms with van der Waals surface area (Å²) in [4.78, 5) is 10.3. The molecular weight excluding hydrogens is 185 g/mol. The lowest BCUT2D eigenvalue weighted by atomic mass is 10.2. The third kappa shape index (κ3) is 3.15. The minimum absolute atomic E-state index is 0.0860. The summed E-state index contributed by atoms with van der Waals surface area (Å²) in [5.41, 5.74) is 5.16. The van der Waals surface area contributed by atoms with E-state index in [9.17, 15) is 9.18 Å². The van der Waals surface area contributed by atoms with Crippen molar-refractivity contribution in [2.45, 2.75) is 6.42 Å². The smallest absolute Gasteiger partial charge is 0.229 e. The second-order valence-electron chi connectivity index (χ2n) is 2.64. The van der Waals surface area contributed by atoms with Gasteiger partial charge in [-0.15, -0.1) is 0 Å². The Balaban J connectivity index is 2.84. The molecule has 1 rings (SSSR count). The largest absolute Gasteiger partial charge is 0.508 e. The van der Waals surface area contributed by atoms with Gasteiger partial charge in [-0.1, -0.05) is 11.8 Å². The molecular formula is C10H8FNO2. The molecule has 3 N–H and O–H groups in total. The second-order valence-corrected chi connectivity index (χ2v) is 2.64. The van der Waals surface area contributed by atoms with Crippen LogP contribution >= 0.6 is 0 Å². The Kier molecular flexibility index (Phi) is 3.08. The molecule has 0 aliphatic carbocycles. The van der Waals surface area contributed by atoms with Crippen LogP contribution in [-0.2, 0) is 4.79 Å². The van der Waals surface area contributed by atoms with E-state index < -0.39 is 11.7 Å². The third-order valence-corrected chi connectivity index (χ3v) is 1.38. The number of rotatable bonds is 1. The third-order valence-electron chi connectivity index (χ3n) is 1.38. The highest BCUT2D eigenvalue weighted by molar-refractivity contribution is 5.76. The predicted molar refractivity (Wildman–Crippen MR) is 48.8 cm³/mol. The average Bonchev–Trinajstić information content (AvgIpc) is 2.01. The molecule has 1 amide bonds. The normalized spacial score (nSPS) is 8.93. The summed E-state index contributed by atoms with van der Waals surface area (Å²) in [7, 11) is 0. The predicted octanol–water partition coefficient (Wildman–Crippen LogP) is 0.758. The number of phenols is 1. The van der Waals surface area contributed by atoms with Crippen LogP contribution in [0.25, 0.3) is 0 Å². The minimum Gasteiger partial charge on any atom is -0.508 e. The van der Waals surface area contributed by atoms with Gasteiger partial charge in [0.2, 0.25) is 5.91 Å². The molecule has 1 aromatic carbocycles. The van der Waals surface area contributed by atoms with Crippen molar-refractivity contribution in [3.8, 4) is 17.6 Å². The van der Waals surface area contributed by atoms with Gasteiger partial charge in [0.15, 0.2) is 0 Å². The molecule has 0 heterocycles. The number of phenolic OH excluding ortho intramolecular Hbond substituents is 1. The molecule has 0 saturated heterocycles. The number of primary amides is 1. The zero-order valence-electron chi connectivity index (χ0n) is 7.25. The maximum Gasteiger partial charge on any atom is 0.229 e. The summed E-state index contributed by atoms with van der Waals surface area (Å²) < 4.78 is 12.7. The molecule has 0 unspecified atom stereocenters. The van der Waals surface area contributed by atoms with E-state index in [-0.39, 0.29) is 12.2 Å². The molecule has 1 aromatic rings. The Bertz CT molecular complexity index is 398. The van der Waals surface area contributed by atoms with E-state index in [0.717, 1.165) is 12.1 Å². The molecule has 0 spiro atoms. The number of aromatic hydroxyl groups is 1. The maximum absolute atomic E-state index is 12.7. The summed E-state index contributed by atoms with van der Waals surface area (Å²) in [6, 6.07) is 3.43. The molecule has 0 aliphatic heterocycles. The van der Waals surface area contributed by atoms with Gasteiger partial charge in [-0.05, 0) is 12.1 Å². The van der Waals surface area contributed by atoms with Crippen molar-refractivity contribution in [2.24, 2.45) is 5.73 Å². The molecule has 0 saturated carbocycles. The molecule has 0 bridgehead atoms. The minimum atomic E-state index is -0.576. The summed E-state index contributed by atoms with van der Waals surface area (Å²) in [6.45, 7) is 0. The molecule has 72 valence electrons. The lowest BCUT2D eigenvalue weighted by Gasteiger charge is -1.93. The zero-order valence-corrected chi connectivity index (χ0v) is 7.25. The van der Waals surface area contributed by atoms with Crippen LogP contribution in [0.2, 0.25) is 0 Å². The maximum atomic E-state index is 12.7. The first-order chi connectivity index (χ1) is 6.58. The number of carbonyl (C=O) groups excluding carboxylic acids is 1. The molecule has 0 atom stereocenters. The molecule has 0 fully saturated rings. The molecule has 0 aromatic heterocycles. The lowest BCUT2D eigenvalue weighted by molar-refractivity contribution is -0.117. The fourth-order valence-corrected chi connectivity index (χ4v) is 0.880. The van der Waals surface area contributed by atoms with Gasteiger partial charge in [0, 0.05) is 11.6 Å². The van der Waals surface area contributed by atoms with E-state index in [1.165, 1.54) is 6.07 Å². The van der Waals surface area contributed by atoms with Gasteiger partial charge in [-0.25, -0.2) is 4.39 Å². The van der Waals surface area contributed by atoms with Gasteiger partial charge in [0.1, 0.15) is 11.6 Å². The number of hydrogen-bond acceptors (Lipinski definition) is 2. The number of carbonyl (C=O) groups is 1. The Labute approximate surface area is 80.4 Å². The van der Waals surface area contributed by atoms with Gasteiger partial charge in [0.25, 0.3) is 0 Å². The Morgan fingerprint density at radius 3 is 2.79 bits per heavy atom. The zero-order chi connectivity index (χ0) is 10.6. The highest BCUT2D eigenvalue weighted by Crippen LogP contribution is 2.13. The monoisotopic (exact) mass is 193 g/mol. The first-order valence-electron chi connectivity index (χ1n) is 3.84. The van der Waals surface area contributed by atoms with E-state index in [1.807, 2.05) is 0 Å². The van der Waals surface area contributed by atoms with Gasteiger partial charge >= 0.3 is 0 Å². The van der Waals surface area contributed by atoms with Gasteiger partial charge < -0.3 is 10.8 Å². The van der Waals surface area contributed by atoms with Gasteiger partial charge in [-0.3, -0.25) is 4.79 Å². The first kappa shape index (κ1) is 10.1. The van der Waals surface area contributed by atoms with Crippen LogP contribution < -0.4 is 5.73 Å². The number of hydrogen-bond donors (Lipinski definition) is 2. The summed E-state index contributed by atoms with van der Waals surface area (Å²) in [6.07, 6.45) is -0.0860. The Morgan fingerprint density at radius 1 is 1.50 bits per heavy atom. The molecule has 3 nitrogen and oxygen atoms in total. The van der Waals surface area contributed by atoms with E-state index >= 15 is 0 Å². The average molecular weight is 193 g/mol. The molecule has 14 heavy (non-hydrogen) atoms. The topological polar surface area (TPSA) is 63.3 Å². The molecule has 4 heteroatoms. The van der Waals surface area contributed by atoms with E-state index in [0.29, 0.717) is 5.56 Å². The summed E-state index contributed by atoms with van der Waals surface area (Å²) in [5, 5.41) is 9.00. The number of nitrogens with two attached hydrogens (primary N) is 1. The quantitative estimate of drug-likeness (QED) is 0.646. The highest BCUT2D eigenvalue weighted by atomic mass is 19.1. The Hall–Kier alpha value is -2.02. The van der Waals surface area contributed by atoms with Gasteiger partial charge in [0.05, 0.1) is 6.42 Å². The molecule has 0 aliphatic rings. The van der Waals surface area contributed by atoms with E-state index in [1.54, 1.807) is 0 Å². The fourth-order valence-electron chi connectivity index (χ4n) is 0.880. The second kappa shape index (κ2) is 4.28. The van der Waals surface area contributed by atoms with Crippen LogP contribution in [-0.4, -0.2) is 11.0 Å². The van der Waals surface area contributed by atoms with Crippen molar-refractivity contribution >= 4 is 5.91 Å². The number of amides is 1.